The molecule has 0 N–H and O–H groups in total. The van der Waals surface area contributed by atoms with Crippen LogP contribution in [0.4, 0.5) is 0 Å². The second kappa shape index (κ2) is 9.24. The summed E-state index contributed by atoms with van der Waals surface area (Å²) < 4.78 is 4.06. The maximum atomic E-state index is 13.3. The zero-order valence-electron chi connectivity index (χ0n) is 18.7. The molecule has 0 aliphatic carbocycles. The smallest absolute Gasteiger partial charge is 0.269 e. The zero-order chi connectivity index (χ0) is 23.8. The first-order valence-electron chi connectivity index (χ1n) is 10.2. The van der Waals surface area contributed by atoms with Crippen LogP contribution in [0.3, 0.4) is 0 Å². The van der Waals surface area contributed by atoms with Gasteiger partial charge in [-0.05, 0) is 30.0 Å². The van der Waals surface area contributed by atoms with Crippen LogP contribution in [0.2, 0.25) is 0 Å². The SMILES string of the molecule is CSc1ccc(/C=c2\s/c(=C\C(=O)C(C)(C)C)n(Cc3cc(=O)n4ccsc4n3)c2=O)cc1. The Bertz CT molecular complexity index is 1570. The monoisotopic (exact) mass is 497 g/mol. The Morgan fingerprint density at radius 2 is 1.91 bits per heavy atom. The highest BCUT2D eigenvalue weighted by molar-refractivity contribution is 7.98. The van der Waals surface area contributed by atoms with E-state index in [1.54, 1.807) is 23.3 Å². The van der Waals surface area contributed by atoms with Crippen LogP contribution >= 0.6 is 34.4 Å². The molecule has 0 amide bonds. The quantitative estimate of drug-likeness (QED) is 0.397. The molecule has 0 atom stereocenters. The number of fused-ring (bicyclic) bond motifs is 1. The van der Waals surface area contributed by atoms with Crippen LogP contribution in [-0.4, -0.2) is 26.0 Å². The van der Waals surface area contributed by atoms with Gasteiger partial charge in [-0.2, -0.15) is 0 Å². The fraction of sp³-hybridized carbons (Fsp3) is 0.250. The number of carbonyl (C=O) groups is 1. The number of aromatic nitrogens is 3. The minimum Gasteiger partial charge on any atom is -0.294 e. The third-order valence-electron chi connectivity index (χ3n) is 5.02. The molecule has 9 heteroatoms. The van der Waals surface area contributed by atoms with Gasteiger partial charge in [-0.1, -0.05) is 32.9 Å². The largest absolute Gasteiger partial charge is 0.294 e. The van der Waals surface area contributed by atoms with Crippen molar-refractivity contribution in [3.63, 3.8) is 0 Å². The van der Waals surface area contributed by atoms with Crippen LogP contribution < -0.4 is 20.3 Å². The summed E-state index contributed by atoms with van der Waals surface area (Å²) in [5.41, 5.74) is 0.404. The van der Waals surface area contributed by atoms with Crippen molar-refractivity contribution in [3.05, 3.63) is 83.1 Å². The predicted octanol–water partition coefficient (Wildman–Crippen LogP) is 2.97. The lowest BCUT2D eigenvalue weighted by Crippen LogP contribution is -2.33. The Labute approximate surface area is 202 Å². The van der Waals surface area contributed by atoms with Gasteiger partial charge in [0.25, 0.3) is 11.1 Å². The summed E-state index contributed by atoms with van der Waals surface area (Å²) in [7, 11) is 0. The lowest BCUT2D eigenvalue weighted by atomic mass is 9.91. The summed E-state index contributed by atoms with van der Waals surface area (Å²) in [4.78, 5) is 44.7. The van der Waals surface area contributed by atoms with E-state index in [2.05, 4.69) is 4.98 Å². The Hall–Kier alpha value is -2.75. The molecule has 0 saturated heterocycles. The van der Waals surface area contributed by atoms with Gasteiger partial charge in [-0.15, -0.1) is 34.4 Å². The molecule has 170 valence electrons. The second-order valence-corrected chi connectivity index (χ2v) is 11.3. The van der Waals surface area contributed by atoms with Gasteiger partial charge in [-0.3, -0.25) is 23.4 Å². The van der Waals surface area contributed by atoms with E-state index in [4.69, 9.17) is 0 Å². The summed E-state index contributed by atoms with van der Waals surface area (Å²) in [5, 5.41) is 1.79. The van der Waals surface area contributed by atoms with E-state index in [1.165, 1.54) is 43.8 Å². The Kier molecular flexibility index (Phi) is 6.56. The standard InChI is InChI=1S/C24H23N3O3S3/c1-24(2,3)19(28)13-21-27(14-16-12-20(29)26-9-10-32-23(26)25-16)22(30)18(33-21)11-15-5-7-17(31-4)8-6-15/h5-13H,14H2,1-4H3/b18-11-,21-13-. The highest BCUT2D eigenvalue weighted by Crippen LogP contribution is 2.16. The van der Waals surface area contributed by atoms with Crippen LogP contribution in [0.15, 0.2) is 56.4 Å². The molecule has 0 radical (unpaired) electrons. The van der Waals surface area contributed by atoms with Crippen molar-refractivity contribution in [2.24, 2.45) is 5.41 Å². The molecule has 0 unspecified atom stereocenters. The molecule has 3 aromatic heterocycles. The number of carbonyl (C=O) groups excluding carboxylic acids is 1. The molecule has 0 spiro atoms. The maximum absolute atomic E-state index is 13.3. The highest BCUT2D eigenvalue weighted by atomic mass is 32.2. The molecule has 0 bridgehead atoms. The summed E-state index contributed by atoms with van der Waals surface area (Å²) in [6, 6.07) is 9.38. The Morgan fingerprint density at radius 1 is 1.18 bits per heavy atom. The van der Waals surface area contributed by atoms with Crippen molar-refractivity contribution in [3.8, 4) is 0 Å². The molecular weight excluding hydrogens is 474 g/mol. The molecule has 4 aromatic rings. The molecule has 0 fully saturated rings. The number of Topliss-reactive ketones (excluding diaryl/α,β-unsaturated/α-hetero) is 1. The average Bonchev–Trinajstić information content (AvgIpc) is 3.35. The first-order chi connectivity index (χ1) is 15.7. The third-order valence-corrected chi connectivity index (χ3v) is 7.58. The van der Waals surface area contributed by atoms with Gasteiger partial charge in [0.2, 0.25) is 0 Å². The van der Waals surface area contributed by atoms with Crippen molar-refractivity contribution in [1.29, 1.82) is 0 Å². The van der Waals surface area contributed by atoms with Crippen LogP contribution in [0.1, 0.15) is 32.0 Å². The van der Waals surface area contributed by atoms with E-state index in [1.807, 2.05) is 57.4 Å². The number of nitrogens with zero attached hydrogens (tertiary/aromatic N) is 3. The van der Waals surface area contributed by atoms with Crippen molar-refractivity contribution < 1.29 is 4.79 Å². The van der Waals surface area contributed by atoms with Crippen molar-refractivity contribution in [2.75, 3.05) is 6.26 Å². The summed E-state index contributed by atoms with van der Waals surface area (Å²) in [6.07, 6.45) is 7.04. The molecule has 0 saturated carbocycles. The lowest BCUT2D eigenvalue weighted by molar-refractivity contribution is -0.120. The van der Waals surface area contributed by atoms with Gasteiger partial charge in [0.05, 0.1) is 16.8 Å². The number of hydrogen-bond donors (Lipinski definition) is 0. The van der Waals surface area contributed by atoms with E-state index in [0.717, 1.165) is 10.5 Å². The molecule has 4 rings (SSSR count). The van der Waals surface area contributed by atoms with E-state index in [0.29, 0.717) is 19.8 Å². The van der Waals surface area contributed by atoms with Gasteiger partial charge in [-0.25, -0.2) is 4.98 Å². The number of benzene rings is 1. The van der Waals surface area contributed by atoms with Gasteiger partial charge in [0.1, 0.15) is 4.66 Å². The second-order valence-electron chi connectivity index (χ2n) is 8.51. The third kappa shape index (κ3) is 5.10. The Morgan fingerprint density at radius 3 is 2.58 bits per heavy atom. The molecular formula is C24H23N3O3S3. The van der Waals surface area contributed by atoms with Crippen LogP contribution in [0, 0.1) is 5.41 Å². The van der Waals surface area contributed by atoms with E-state index >= 15 is 0 Å². The van der Waals surface area contributed by atoms with E-state index in [9.17, 15) is 14.4 Å². The Balaban J connectivity index is 1.87. The molecule has 3 heterocycles. The zero-order valence-corrected chi connectivity index (χ0v) is 21.1. The maximum Gasteiger partial charge on any atom is 0.269 e. The van der Waals surface area contributed by atoms with Crippen LogP contribution in [0.25, 0.3) is 17.1 Å². The minimum atomic E-state index is -0.574. The average molecular weight is 498 g/mol. The van der Waals surface area contributed by atoms with Crippen molar-refractivity contribution in [2.45, 2.75) is 32.2 Å². The fourth-order valence-electron chi connectivity index (χ4n) is 3.10. The first kappa shape index (κ1) is 23.4. The van der Waals surface area contributed by atoms with E-state index < -0.39 is 5.41 Å². The molecule has 33 heavy (non-hydrogen) atoms. The topological polar surface area (TPSA) is 73.4 Å². The fourth-order valence-corrected chi connectivity index (χ4v) is 5.29. The van der Waals surface area contributed by atoms with Gasteiger partial charge in [0.15, 0.2) is 10.7 Å². The van der Waals surface area contributed by atoms with Gasteiger partial charge in [0, 0.05) is 34.0 Å². The normalized spacial score (nSPS) is 13.2. The molecule has 6 nitrogen and oxygen atoms in total. The number of ketones is 1. The molecule has 0 aliphatic heterocycles. The summed E-state index contributed by atoms with van der Waals surface area (Å²) in [5.74, 6) is -0.0740. The number of thiazole rings is 2. The van der Waals surface area contributed by atoms with Crippen LogP contribution in [0.5, 0.6) is 0 Å². The van der Waals surface area contributed by atoms with Crippen molar-refractivity contribution >= 4 is 57.3 Å². The number of thioether (sulfide) groups is 1. The van der Waals surface area contributed by atoms with Crippen LogP contribution in [-0.2, 0) is 11.3 Å². The molecule has 1 aromatic carbocycles. The van der Waals surface area contributed by atoms with Gasteiger partial charge >= 0.3 is 0 Å². The number of rotatable bonds is 5. The summed E-state index contributed by atoms with van der Waals surface area (Å²) >= 11 is 4.28. The number of hydrogen-bond acceptors (Lipinski definition) is 7. The first-order valence-corrected chi connectivity index (χ1v) is 13.2. The molecule has 0 aliphatic rings. The van der Waals surface area contributed by atoms with Crippen molar-refractivity contribution in [1.82, 2.24) is 14.0 Å². The minimum absolute atomic E-state index is 0.0740. The summed E-state index contributed by atoms with van der Waals surface area (Å²) in [6.45, 7) is 5.64. The highest BCUT2D eigenvalue weighted by Gasteiger charge is 2.20. The van der Waals surface area contributed by atoms with E-state index in [-0.39, 0.29) is 23.4 Å². The van der Waals surface area contributed by atoms with Gasteiger partial charge < -0.3 is 0 Å². The lowest BCUT2D eigenvalue weighted by Gasteiger charge is -2.12. The predicted molar refractivity (Wildman–Crippen MR) is 137 cm³/mol.